The van der Waals surface area contributed by atoms with E-state index < -0.39 is 0 Å². The van der Waals surface area contributed by atoms with E-state index in [1.165, 1.54) is 0 Å². The molecule has 4 nitrogen and oxygen atoms in total. The summed E-state index contributed by atoms with van der Waals surface area (Å²) in [7, 11) is 0. The van der Waals surface area contributed by atoms with Crippen LogP contribution >= 0.6 is 0 Å². The first-order valence-electron chi connectivity index (χ1n) is 8.80. The number of anilines is 2. The maximum atomic E-state index is 12.7. The Morgan fingerprint density at radius 2 is 1.84 bits per heavy atom. The molecule has 2 heterocycles. The summed E-state index contributed by atoms with van der Waals surface area (Å²) in [6, 6.07) is 14.1. The molecule has 0 spiro atoms. The fourth-order valence-corrected chi connectivity index (χ4v) is 3.72. The van der Waals surface area contributed by atoms with Crippen LogP contribution in [0.1, 0.15) is 35.8 Å². The molecule has 2 aromatic heterocycles. The quantitative estimate of drug-likeness (QED) is 0.744. The van der Waals surface area contributed by atoms with Crippen molar-refractivity contribution in [1.29, 1.82) is 0 Å². The topological polar surface area (TPSA) is 46.9 Å². The number of hydrogen-bond acceptors (Lipinski definition) is 3. The Hall–Kier alpha value is -2.88. The Bertz CT molecular complexity index is 898. The van der Waals surface area contributed by atoms with Gasteiger partial charge in [0, 0.05) is 42.3 Å². The summed E-state index contributed by atoms with van der Waals surface area (Å²) in [6.07, 6.45) is 6.10. The molecule has 0 bridgehead atoms. The van der Waals surface area contributed by atoms with Gasteiger partial charge in [-0.2, -0.15) is 0 Å². The Kier molecular flexibility index (Phi) is 4.10. The van der Waals surface area contributed by atoms with Gasteiger partial charge in [-0.1, -0.05) is 18.2 Å². The highest BCUT2D eigenvalue weighted by molar-refractivity contribution is 6.07. The van der Waals surface area contributed by atoms with Crippen LogP contribution in [0.2, 0.25) is 0 Å². The van der Waals surface area contributed by atoms with Gasteiger partial charge in [-0.25, -0.2) is 0 Å². The van der Waals surface area contributed by atoms with Gasteiger partial charge in [-0.15, -0.1) is 0 Å². The highest BCUT2D eigenvalue weighted by Gasteiger charge is 2.29. The molecule has 4 rings (SSSR count). The SMILES string of the molecule is CCn1c2c(c(Nc3ccccc3)c1-c1ccncc1)C(=O)CCC2. The third-order valence-electron chi connectivity index (χ3n) is 4.78. The van der Waals surface area contributed by atoms with E-state index in [0.717, 1.165) is 53.3 Å². The molecule has 1 aliphatic carbocycles. The molecule has 0 unspecified atom stereocenters. The molecule has 126 valence electrons. The Balaban J connectivity index is 1.96. The van der Waals surface area contributed by atoms with Crippen LogP contribution < -0.4 is 5.32 Å². The molecule has 0 saturated heterocycles. The molecule has 1 N–H and O–H groups in total. The van der Waals surface area contributed by atoms with E-state index in [4.69, 9.17) is 0 Å². The molecule has 3 aromatic rings. The van der Waals surface area contributed by atoms with E-state index in [0.29, 0.717) is 6.42 Å². The fraction of sp³-hybridized carbons (Fsp3) is 0.238. The number of hydrogen-bond donors (Lipinski definition) is 1. The van der Waals surface area contributed by atoms with Crippen molar-refractivity contribution in [2.45, 2.75) is 32.7 Å². The van der Waals surface area contributed by atoms with Gasteiger partial charge < -0.3 is 9.88 Å². The van der Waals surface area contributed by atoms with Gasteiger partial charge >= 0.3 is 0 Å². The zero-order valence-corrected chi connectivity index (χ0v) is 14.3. The monoisotopic (exact) mass is 331 g/mol. The molecule has 0 amide bonds. The lowest BCUT2D eigenvalue weighted by Gasteiger charge is -2.14. The smallest absolute Gasteiger partial charge is 0.166 e. The van der Waals surface area contributed by atoms with Crippen molar-refractivity contribution in [3.05, 3.63) is 66.1 Å². The maximum absolute atomic E-state index is 12.7. The van der Waals surface area contributed by atoms with Crippen molar-refractivity contribution in [3.8, 4) is 11.3 Å². The Morgan fingerprint density at radius 1 is 1.08 bits per heavy atom. The highest BCUT2D eigenvalue weighted by atomic mass is 16.1. The van der Waals surface area contributed by atoms with Crippen LogP contribution in [-0.4, -0.2) is 15.3 Å². The standard InChI is InChI=1S/C21H21N3O/c1-2-24-17-9-6-10-18(25)19(17)20(23-16-7-4-3-5-8-16)21(24)15-11-13-22-14-12-15/h3-5,7-8,11-14,23H,2,6,9-10H2,1H3. The van der Waals surface area contributed by atoms with E-state index in [1.54, 1.807) is 12.4 Å². The minimum absolute atomic E-state index is 0.238. The van der Waals surface area contributed by atoms with Crippen LogP contribution in [0.5, 0.6) is 0 Å². The van der Waals surface area contributed by atoms with Crippen molar-refractivity contribution in [3.63, 3.8) is 0 Å². The summed E-state index contributed by atoms with van der Waals surface area (Å²) in [5.74, 6) is 0.238. The summed E-state index contributed by atoms with van der Waals surface area (Å²) < 4.78 is 2.28. The van der Waals surface area contributed by atoms with Gasteiger partial charge in [0.05, 0.1) is 16.9 Å². The normalized spacial score (nSPS) is 13.6. The zero-order valence-electron chi connectivity index (χ0n) is 14.3. The second-order valence-electron chi connectivity index (χ2n) is 6.29. The predicted molar refractivity (Wildman–Crippen MR) is 100 cm³/mol. The predicted octanol–water partition coefficient (Wildman–Crippen LogP) is 4.83. The number of aromatic nitrogens is 2. The first-order valence-corrected chi connectivity index (χ1v) is 8.80. The number of nitrogens with one attached hydrogen (secondary N) is 1. The molecule has 0 fully saturated rings. The molecule has 4 heteroatoms. The van der Waals surface area contributed by atoms with E-state index >= 15 is 0 Å². The van der Waals surface area contributed by atoms with Crippen LogP contribution in [-0.2, 0) is 13.0 Å². The van der Waals surface area contributed by atoms with Crippen LogP contribution in [0.3, 0.4) is 0 Å². The highest BCUT2D eigenvalue weighted by Crippen LogP contribution is 2.41. The van der Waals surface area contributed by atoms with Crippen molar-refractivity contribution in [2.24, 2.45) is 0 Å². The maximum Gasteiger partial charge on any atom is 0.166 e. The molecule has 1 aromatic carbocycles. The van der Waals surface area contributed by atoms with Crippen molar-refractivity contribution < 1.29 is 4.79 Å². The minimum Gasteiger partial charge on any atom is -0.353 e. The lowest BCUT2D eigenvalue weighted by Crippen LogP contribution is -2.13. The summed E-state index contributed by atoms with van der Waals surface area (Å²) in [5, 5.41) is 3.52. The number of carbonyl (C=O) groups excluding carboxylic acids is 1. The van der Waals surface area contributed by atoms with Crippen molar-refractivity contribution in [2.75, 3.05) is 5.32 Å². The van der Waals surface area contributed by atoms with E-state index in [-0.39, 0.29) is 5.78 Å². The first-order chi connectivity index (χ1) is 12.3. The molecule has 25 heavy (non-hydrogen) atoms. The van der Waals surface area contributed by atoms with Gasteiger partial charge in [0.25, 0.3) is 0 Å². The number of fused-ring (bicyclic) bond motifs is 1. The van der Waals surface area contributed by atoms with Crippen molar-refractivity contribution >= 4 is 17.2 Å². The second-order valence-corrected chi connectivity index (χ2v) is 6.29. The molecule has 0 atom stereocenters. The number of benzene rings is 1. The third kappa shape index (κ3) is 2.74. The van der Waals surface area contributed by atoms with Crippen LogP contribution in [0.15, 0.2) is 54.9 Å². The average molecular weight is 331 g/mol. The summed E-state index contributed by atoms with van der Waals surface area (Å²) in [6.45, 7) is 2.97. The lowest BCUT2D eigenvalue weighted by atomic mass is 9.95. The number of carbonyl (C=O) groups is 1. The molecule has 0 radical (unpaired) electrons. The number of ketones is 1. The van der Waals surface area contributed by atoms with Gasteiger partial charge in [0.2, 0.25) is 0 Å². The van der Waals surface area contributed by atoms with Crippen LogP contribution in [0, 0.1) is 0 Å². The van der Waals surface area contributed by atoms with Gasteiger partial charge in [0.1, 0.15) is 0 Å². The zero-order chi connectivity index (χ0) is 17.2. The minimum atomic E-state index is 0.238. The number of pyridine rings is 1. The first kappa shape index (κ1) is 15.6. The summed E-state index contributed by atoms with van der Waals surface area (Å²) in [5.41, 5.74) is 6.10. The molecular formula is C21H21N3O. The number of nitrogens with zero attached hydrogens (tertiary/aromatic N) is 2. The Morgan fingerprint density at radius 3 is 2.56 bits per heavy atom. The van der Waals surface area contributed by atoms with E-state index in [9.17, 15) is 4.79 Å². The lowest BCUT2D eigenvalue weighted by molar-refractivity contribution is 0.0972. The summed E-state index contributed by atoms with van der Waals surface area (Å²) >= 11 is 0. The average Bonchev–Trinajstić information content (AvgIpc) is 2.98. The van der Waals surface area contributed by atoms with Gasteiger partial charge in [0.15, 0.2) is 5.78 Å². The van der Waals surface area contributed by atoms with Gasteiger partial charge in [-0.05, 0) is 44.0 Å². The van der Waals surface area contributed by atoms with Crippen LogP contribution in [0.25, 0.3) is 11.3 Å². The molecule has 0 saturated carbocycles. The van der Waals surface area contributed by atoms with E-state index in [1.807, 2.05) is 42.5 Å². The summed E-state index contributed by atoms with van der Waals surface area (Å²) in [4.78, 5) is 16.9. The van der Waals surface area contributed by atoms with Crippen molar-refractivity contribution in [1.82, 2.24) is 9.55 Å². The largest absolute Gasteiger partial charge is 0.353 e. The second kappa shape index (κ2) is 6.55. The third-order valence-corrected chi connectivity index (χ3v) is 4.78. The number of Topliss-reactive ketones (excluding diaryl/α,β-unsaturated/α-hetero) is 1. The molecular weight excluding hydrogens is 310 g/mol. The number of rotatable bonds is 4. The van der Waals surface area contributed by atoms with E-state index in [2.05, 4.69) is 21.8 Å². The molecule has 0 aliphatic heterocycles. The number of para-hydroxylation sites is 1. The Labute approximate surface area is 147 Å². The van der Waals surface area contributed by atoms with Crippen LogP contribution in [0.4, 0.5) is 11.4 Å². The fourth-order valence-electron chi connectivity index (χ4n) is 3.72. The molecule has 1 aliphatic rings. The van der Waals surface area contributed by atoms with Gasteiger partial charge in [-0.3, -0.25) is 9.78 Å².